The van der Waals surface area contributed by atoms with Crippen molar-refractivity contribution in [1.29, 1.82) is 0 Å². The maximum Gasteiger partial charge on any atom is 0.226 e. The van der Waals surface area contributed by atoms with E-state index in [-0.39, 0.29) is 11.8 Å². The van der Waals surface area contributed by atoms with Crippen LogP contribution in [0.1, 0.15) is 42.1 Å². The highest BCUT2D eigenvalue weighted by Gasteiger charge is 2.27. The first-order valence-corrected chi connectivity index (χ1v) is 8.86. The summed E-state index contributed by atoms with van der Waals surface area (Å²) in [5.41, 5.74) is 2.44. The van der Waals surface area contributed by atoms with Crippen molar-refractivity contribution < 1.29 is 9.53 Å². The first kappa shape index (κ1) is 17.5. The summed E-state index contributed by atoms with van der Waals surface area (Å²) in [6.07, 6.45) is 4.17. The third-order valence-electron chi connectivity index (χ3n) is 4.95. The van der Waals surface area contributed by atoms with E-state index in [1.165, 1.54) is 11.1 Å². The van der Waals surface area contributed by atoms with E-state index in [4.69, 9.17) is 4.74 Å². The summed E-state index contributed by atoms with van der Waals surface area (Å²) in [7, 11) is 1.95. The Labute approximate surface area is 148 Å². The molecule has 6 heteroatoms. The van der Waals surface area contributed by atoms with Gasteiger partial charge in [0, 0.05) is 26.1 Å². The predicted molar refractivity (Wildman–Crippen MR) is 95.6 cm³/mol. The Hall–Kier alpha value is -2.37. The monoisotopic (exact) mass is 342 g/mol. The van der Waals surface area contributed by atoms with Crippen LogP contribution in [0.4, 0.5) is 0 Å². The fourth-order valence-electron chi connectivity index (χ4n) is 3.29. The van der Waals surface area contributed by atoms with Crippen LogP contribution in [-0.4, -0.2) is 45.3 Å². The van der Waals surface area contributed by atoms with Crippen LogP contribution in [0.5, 0.6) is 5.75 Å². The average molecular weight is 342 g/mol. The summed E-state index contributed by atoms with van der Waals surface area (Å²) >= 11 is 0. The zero-order chi connectivity index (χ0) is 17.8. The zero-order valence-corrected chi connectivity index (χ0v) is 15.2. The molecular formula is C19H26N4O2. The molecule has 1 fully saturated rings. The summed E-state index contributed by atoms with van der Waals surface area (Å²) < 4.78 is 7.69. The van der Waals surface area contributed by atoms with E-state index in [2.05, 4.69) is 24.0 Å². The molecule has 1 aliphatic rings. The van der Waals surface area contributed by atoms with Crippen LogP contribution < -0.4 is 4.74 Å². The number of carbonyl (C=O) groups excluding carboxylic acids is 1. The summed E-state index contributed by atoms with van der Waals surface area (Å²) in [6, 6.07) is 6.02. The molecule has 0 aliphatic carbocycles. The molecule has 2 aromatic rings. The van der Waals surface area contributed by atoms with Gasteiger partial charge in [0.2, 0.25) is 5.91 Å². The molecule has 0 radical (unpaired) electrons. The molecule has 6 nitrogen and oxygen atoms in total. The number of aromatic nitrogens is 3. The Morgan fingerprint density at radius 1 is 1.32 bits per heavy atom. The van der Waals surface area contributed by atoms with E-state index in [9.17, 15) is 4.79 Å². The Morgan fingerprint density at radius 2 is 2.16 bits per heavy atom. The van der Waals surface area contributed by atoms with Crippen molar-refractivity contribution in [2.24, 2.45) is 7.05 Å². The number of amides is 1. The fraction of sp³-hybridized carbons (Fsp3) is 0.526. The number of piperidine rings is 1. The van der Waals surface area contributed by atoms with Crippen molar-refractivity contribution in [2.45, 2.75) is 39.0 Å². The van der Waals surface area contributed by atoms with Gasteiger partial charge in [-0.05, 0) is 49.9 Å². The summed E-state index contributed by atoms with van der Waals surface area (Å²) in [5, 5.41) is 8.15. The predicted octanol–water partition coefficient (Wildman–Crippen LogP) is 2.61. The largest absolute Gasteiger partial charge is 0.493 e. The lowest BCUT2D eigenvalue weighted by Gasteiger charge is -2.32. The minimum Gasteiger partial charge on any atom is -0.493 e. The lowest BCUT2D eigenvalue weighted by molar-refractivity contribution is -0.133. The normalized spacial score (nSPS) is 17.6. The van der Waals surface area contributed by atoms with E-state index in [1.807, 2.05) is 34.7 Å². The van der Waals surface area contributed by atoms with Crippen molar-refractivity contribution in [3.8, 4) is 5.75 Å². The third-order valence-corrected chi connectivity index (χ3v) is 4.95. The van der Waals surface area contributed by atoms with Crippen LogP contribution in [0.2, 0.25) is 0 Å². The van der Waals surface area contributed by atoms with Gasteiger partial charge in [0.1, 0.15) is 17.9 Å². The molecule has 1 aromatic carbocycles. The molecule has 25 heavy (non-hydrogen) atoms. The van der Waals surface area contributed by atoms with Gasteiger partial charge in [-0.25, -0.2) is 0 Å². The Morgan fingerprint density at radius 3 is 2.88 bits per heavy atom. The van der Waals surface area contributed by atoms with Gasteiger partial charge < -0.3 is 14.2 Å². The van der Waals surface area contributed by atoms with E-state index in [0.717, 1.165) is 37.5 Å². The molecular weight excluding hydrogens is 316 g/mol. The number of likely N-dealkylation sites (tertiary alicyclic amines) is 1. The first-order valence-electron chi connectivity index (χ1n) is 8.86. The maximum atomic E-state index is 12.5. The molecule has 2 heterocycles. The van der Waals surface area contributed by atoms with E-state index >= 15 is 0 Å². The summed E-state index contributed by atoms with van der Waals surface area (Å²) in [5.74, 6) is 2.21. The van der Waals surface area contributed by atoms with E-state index in [0.29, 0.717) is 13.0 Å². The molecule has 1 atom stereocenters. The van der Waals surface area contributed by atoms with E-state index in [1.54, 1.807) is 6.33 Å². The van der Waals surface area contributed by atoms with Gasteiger partial charge in [-0.1, -0.05) is 6.07 Å². The SMILES string of the molecule is Cc1ccc(OCCC(=O)N2CCCC(c3nncn3C)C2)cc1C. The van der Waals surface area contributed by atoms with Gasteiger partial charge in [0.05, 0.1) is 13.0 Å². The Bertz CT molecular complexity index is 741. The number of carbonyl (C=O) groups is 1. The van der Waals surface area contributed by atoms with Crippen LogP contribution in [0.15, 0.2) is 24.5 Å². The molecule has 0 N–H and O–H groups in total. The highest BCUT2D eigenvalue weighted by atomic mass is 16.5. The van der Waals surface area contributed by atoms with Gasteiger partial charge in [-0.2, -0.15) is 0 Å². The fourth-order valence-corrected chi connectivity index (χ4v) is 3.29. The van der Waals surface area contributed by atoms with Gasteiger partial charge in [0.15, 0.2) is 0 Å². The maximum absolute atomic E-state index is 12.5. The quantitative estimate of drug-likeness (QED) is 0.838. The average Bonchev–Trinajstić information content (AvgIpc) is 3.04. The molecule has 0 bridgehead atoms. The third kappa shape index (κ3) is 4.18. The van der Waals surface area contributed by atoms with Crippen LogP contribution >= 0.6 is 0 Å². The highest BCUT2D eigenvalue weighted by molar-refractivity contribution is 5.76. The van der Waals surface area contributed by atoms with Crippen LogP contribution in [0, 0.1) is 13.8 Å². The molecule has 0 saturated carbocycles. The number of benzene rings is 1. The number of nitrogens with zero attached hydrogens (tertiary/aromatic N) is 4. The highest BCUT2D eigenvalue weighted by Crippen LogP contribution is 2.25. The van der Waals surface area contributed by atoms with Crippen molar-refractivity contribution in [2.75, 3.05) is 19.7 Å². The van der Waals surface area contributed by atoms with Gasteiger partial charge in [-0.3, -0.25) is 4.79 Å². The molecule has 1 unspecified atom stereocenters. The van der Waals surface area contributed by atoms with Crippen molar-refractivity contribution in [3.05, 3.63) is 41.5 Å². The number of hydrogen-bond acceptors (Lipinski definition) is 4. The first-order chi connectivity index (χ1) is 12.0. The smallest absolute Gasteiger partial charge is 0.226 e. The zero-order valence-electron chi connectivity index (χ0n) is 15.2. The number of aryl methyl sites for hydroxylation is 3. The van der Waals surface area contributed by atoms with Crippen molar-refractivity contribution in [1.82, 2.24) is 19.7 Å². The second-order valence-electron chi connectivity index (χ2n) is 6.82. The molecule has 1 aliphatic heterocycles. The molecule has 1 aromatic heterocycles. The second-order valence-corrected chi connectivity index (χ2v) is 6.82. The molecule has 3 rings (SSSR count). The minimum absolute atomic E-state index is 0.149. The molecule has 134 valence electrons. The lowest BCUT2D eigenvalue weighted by Crippen LogP contribution is -2.40. The molecule has 0 spiro atoms. The second kappa shape index (κ2) is 7.68. The van der Waals surface area contributed by atoms with Crippen LogP contribution in [0.3, 0.4) is 0 Å². The summed E-state index contributed by atoms with van der Waals surface area (Å²) in [6.45, 7) is 6.08. The standard InChI is InChI=1S/C19H26N4O2/c1-14-6-7-17(11-15(14)2)25-10-8-18(24)23-9-4-5-16(12-23)19-21-20-13-22(19)3/h6-7,11,13,16H,4-5,8-10,12H2,1-3H3. The number of rotatable bonds is 5. The van der Waals surface area contributed by atoms with Crippen molar-refractivity contribution in [3.63, 3.8) is 0 Å². The van der Waals surface area contributed by atoms with Gasteiger partial charge in [-0.15, -0.1) is 10.2 Å². The molecule has 1 amide bonds. The Kier molecular flexibility index (Phi) is 5.36. The summed E-state index contributed by atoms with van der Waals surface area (Å²) in [4.78, 5) is 14.4. The Balaban J connectivity index is 1.50. The van der Waals surface area contributed by atoms with E-state index < -0.39 is 0 Å². The lowest BCUT2D eigenvalue weighted by atomic mass is 9.97. The van der Waals surface area contributed by atoms with Crippen LogP contribution in [-0.2, 0) is 11.8 Å². The number of hydrogen-bond donors (Lipinski definition) is 0. The van der Waals surface area contributed by atoms with Gasteiger partial charge in [0.25, 0.3) is 0 Å². The van der Waals surface area contributed by atoms with Crippen LogP contribution in [0.25, 0.3) is 0 Å². The molecule has 1 saturated heterocycles. The number of ether oxygens (including phenoxy) is 1. The van der Waals surface area contributed by atoms with Gasteiger partial charge >= 0.3 is 0 Å². The van der Waals surface area contributed by atoms with Crippen molar-refractivity contribution >= 4 is 5.91 Å². The minimum atomic E-state index is 0.149. The topological polar surface area (TPSA) is 60.2 Å².